The lowest BCUT2D eigenvalue weighted by atomic mass is 9.85. The van der Waals surface area contributed by atoms with Gasteiger partial charge in [0, 0.05) is 37.5 Å². The summed E-state index contributed by atoms with van der Waals surface area (Å²) >= 11 is 3.81. The molecule has 3 atom stereocenters. The highest BCUT2D eigenvalue weighted by Crippen LogP contribution is 2.43. The first-order valence-electron chi connectivity index (χ1n) is 11.3. The van der Waals surface area contributed by atoms with E-state index in [4.69, 9.17) is 19.4 Å². The fourth-order valence-corrected chi connectivity index (χ4v) is 6.05. The van der Waals surface area contributed by atoms with E-state index in [1.54, 1.807) is 14.2 Å². The lowest BCUT2D eigenvalue weighted by molar-refractivity contribution is 0.190. The lowest BCUT2D eigenvalue weighted by Crippen LogP contribution is -2.32. The largest absolute Gasteiger partial charge is 0.383 e. The molecule has 172 valence electrons. The van der Waals surface area contributed by atoms with Crippen LogP contribution in [0.2, 0.25) is 0 Å². The zero-order chi connectivity index (χ0) is 22.8. The van der Waals surface area contributed by atoms with Crippen LogP contribution in [0.5, 0.6) is 0 Å². The number of halogens is 1. The molecule has 6 nitrogen and oxygen atoms in total. The Balaban J connectivity index is 2.00. The summed E-state index contributed by atoms with van der Waals surface area (Å²) in [5.74, 6) is 2.22. The first-order chi connectivity index (χ1) is 15.5. The van der Waals surface area contributed by atoms with Crippen molar-refractivity contribution in [3.05, 3.63) is 41.7 Å². The van der Waals surface area contributed by atoms with Gasteiger partial charge in [-0.1, -0.05) is 52.7 Å². The summed E-state index contributed by atoms with van der Waals surface area (Å²) in [5.41, 5.74) is 3.59. The van der Waals surface area contributed by atoms with Crippen LogP contribution in [-0.2, 0) is 9.47 Å². The summed E-state index contributed by atoms with van der Waals surface area (Å²) in [5, 5.41) is 2.30. The Morgan fingerprint density at radius 2 is 1.78 bits per heavy atom. The van der Waals surface area contributed by atoms with Crippen molar-refractivity contribution < 1.29 is 9.47 Å². The van der Waals surface area contributed by atoms with E-state index in [1.807, 2.05) is 6.92 Å². The molecule has 0 N–H and O–H groups in total. The van der Waals surface area contributed by atoms with Crippen LogP contribution in [0.15, 0.2) is 35.9 Å². The molecule has 0 amide bonds. The summed E-state index contributed by atoms with van der Waals surface area (Å²) < 4.78 is 13.2. The molecular weight excluding hydrogens is 468 g/mol. The topological polar surface area (TPSA) is 52.4 Å². The number of rotatable bonds is 8. The van der Waals surface area contributed by atoms with Crippen molar-refractivity contribution in [1.82, 2.24) is 14.5 Å². The second-order valence-corrected chi connectivity index (χ2v) is 9.91. The maximum Gasteiger partial charge on any atom is 0.147 e. The van der Waals surface area contributed by atoms with E-state index in [1.165, 1.54) is 16.5 Å². The second kappa shape index (κ2) is 9.89. The highest BCUT2D eigenvalue weighted by molar-refractivity contribution is 9.09. The minimum Gasteiger partial charge on any atom is -0.383 e. The van der Waals surface area contributed by atoms with Crippen LogP contribution in [-0.4, -0.2) is 59.9 Å². The van der Waals surface area contributed by atoms with Gasteiger partial charge in [-0.15, -0.1) is 0 Å². The Morgan fingerprint density at radius 1 is 1.09 bits per heavy atom. The number of fused-ring (bicyclic) bond motifs is 3. The first-order valence-corrected chi connectivity index (χ1v) is 12.2. The number of benzene rings is 1. The van der Waals surface area contributed by atoms with Crippen LogP contribution in [0, 0.1) is 12.8 Å². The van der Waals surface area contributed by atoms with Crippen LogP contribution in [0.25, 0.3) is 21.9 Å². The van der Waals surface area contributed by atoms with Crippen molar-refractivity contribution in [2.45, 2.75) is 38.1 Å². The van der Waals surface area contributed by atoms with Gasteiger partial charge in [-0.05, 0) is 32.3 Å². The summed E-state index contributed by atoms with van der Waals surface area (Å²) in [4.78, 5) is 12.6. The molecule has 0 radical (unpaired) electrons. The van der Waals surface area contributed by atoms with Crippen molar-refractivity contribution in [2.75, 3.05) is 45.4 Å². The van der Waals surface area contributed by atoms with Crippen LogP contribution in [0.4, 0.5) is 5.82 Å². The Labute approximate surface area is 198 Å². The Kier molecular flexibility index (Phi) is 7.17. The van der Waals surface area contributed by atoms with Gasteiger partial charge in [0.05, 0.1) is 30.2 Å². The van der Waals surface area contributed by atoms with Gasteiger partial charge in [0.25, 0.3) is 0 Å². The molecule has 3 aromatic rings. The molecule has 2 aromatic heterocycles. The van der Waals surface area contributed by atoms with Gasteiger partial charge in [-0.2, -0.15) is 0 Å². The Bertz CT molecular complexity index is 1120. The van der Waals surface area contributed by atoms with Gasteiger partial charge in [-0.3, -0.25) is 0 Å². The van der Waals surface area contributed by atoms with Gasteiger partial charge in [0.1, 0.15) is 17.3 Å². The van der Waals surface area contributed by atoms with Crippen molar-refractivity contribution in [2.24, 2.45) is 5.92 Å². The van der Waals surface area contributed by atoms with E-state index in [0.29, 0.717) is 24.0 Å². The van der Waals surface area contributed by atoms with Crippen molar-refractivity contribution >= 4 is 43.7 Å². The molecule has 0 aliphatic heterocycles. The first kappa shape index (κ1) is 23.2. The van der Waals surface area contributed by atoms with Crippen LogP contribution in [0.3, 0.4) is 0 Å². The number of para-hydroxylation sites is 1. The normalized spacial score (nSPS) is 21.3. The third kappa shape index (κ3) is 4.30. The van der Waals surface area contributed by atoms with E-state index < -0.39 is 0 Å². The number of alkyl halides is 1. The predicted molar refractivity (Wildman–Crippen MR) is 135 cm³/mol. The number of methoxy groups -OCH3 is 2. The van der Waals surface area contributed by atoms with E-state index in [-0.39, 0.29) is 6.04 Å². The molecule has 0 spiro atoms. The molecule has 0 saturated heterocycles. The van der Waals surface area contributed by atoms with Crippen LogP contribution in [0.1, 0.15) is 32.1 Å². The van der Waals surface area contributed by atoms with Crippen molar-refractivity contribution in [1.29, 1.82) is 0 Å². The SMILES string of the molecule is COCCN(CCOC)c1nc(C)nc2c1c1ccccc1n2C1C(C)=CC(Br)CC1C. The summed E-state index contributed by atoms with van der Waals surface area (Å²) in [6.07, 6.45) is 3.45. The van der Waals surface area contributed by atoms with E-state index in [9.17, 15) is 0 Å². The van der Waals surface area contributed by atoms with Crippen LogP contribution < -0.4 is 4.90 Å². The average Bonchev–Trinajstić information content (AvgIpc) is 3.07. The standard InChI is InChI=1S/C25H33BrN4O2/c1-16-14-19(26)15-17(2)23(16)30-21-9-7-6-8-20(21)22-24(27-18(3)28-25(22)30)29(10-12-31-4)11-13-32-5/h6-9,14,17,19,23H,10-13,15H2,1-5H3. The summed E-state index contributed by atoms with van der Waals surface area (Å²) in [6.45, 7) is 9.31. The number of nitrogens with zero attached hydrogens (tertiary/aromatic N) is 4. The van der Waals surface area contributed by atoms with Gasteiger partial charge < -0.3 is 18.9 Å². The van der Waals surface area contributed by atoms with Gasteiger partial charge in [0.15, 0.2) is 0 Å². The molecule has 0 fully saturated rings. The van der Waals surface area contributed by atoms with Gasteiger partial charge >= 0.3 is 0 Å². The Morgan fingerprint density at radius 3 is 2.44 bits per heavy atom. The highest BCUT2D eigenvalue weighted by Gasteiger charge is 2.31. The molecule has 0 saturated carbocycles. The second-order valence-electron chi connectivity index (χ2n) is 8.74. The van der Waals surface area contributed by atoms with Crippen LogP contribution >= 0.6 is 15.9 Å². The number of hydrogen-bond donors (Lipinski definition) is 0. The lowest BCUT2D eigenvalue weighted by Gasteiger charge is -2.33. The van der Waals surface area contributed by atoms with E-state index in [2.05, 4.69) is 69.6 Å². The summed E-state index contributed by atoms with van der Waals surface area (Å²) in [6, 6.07) is 8.89. The fourth-order valence-electron chi connectivity index (χ4n) is 5.05. The number of aryl methyl sites for hydroxylation is 1. The average molecular weight is 501 g/mol. The number of ether oxygens (including phenoxy) is 2. The monoisotopic (exact) mass is 500 g/mol. The third-order valence-corrected chi connectivity index (χ3v) is 7.04. The number of aromatic nitrogens is 3. The van der Waals surface area contributed by atoms with E-state index in [0.717, 1.165) is 42.2 Å². The smallest absolute Gasteiger partial charge is 0.147 e. The molecular formula is C25H33BrN4O2. The molecule has 2 heterocycles. The van der Waals surface area contributed by atoms with Gasteiger partial charge in [0.2, 0.25) is 0 Å². The summed E-state index contributed by atoms with van der Waals surface area (Å²) in [7, 11) is 3.47. The number of allylic oxidation sites excluding steroid dienone is 2. The zero-order valence-corrected chi connectivity index (χ0v) is 21.2. The predicted octanol–water partition coefficient (Wildman–Crippen LogP) is 5.28. The Hall–Kier alpha value is -1.96. The number of anilines is 1. The minimum absolute atomic E-state index is 0.264. The molecule has 1 aromatic carbocycles. The fraction of sp³-hybridized carbons (Fsp3) is 0.520. The minimum atomic E-state index is 0.264. The molecule has 1 aliphatic carbocycles. The number of hydrogen-bond acceptors (Lipinski definition) is 5. The zero-order valence-electron chi connectivity index (χ0n) is 19.6. The highest BCUT2D eigenvalue weighted by atomic mass is 79.9. The maximum atomic E-state index is 5.40. The molecule has 1 aliphatic rings. The van der Waals surface area contributed by atoms with E-state index >= 15 is 0 Å². The quantitative estimate of drug-likeness (QED) is 0.311. The maximum absolute atomic E-state index is 5.40. The van der Waals surface area contributed by atoms with Crippen molar-refractivity contribution in [3.63, 3.8) is 0 Å². The molecule has 3 unspecified atom stereocenters. The molecule has 7 heteroatoms. The molecule has 0 bridgehead atoms. The van der Waals surface area contributed by atoms with Crippen molar-refractivity contribution in [3.8, 4) is 0 Å². The molecule has 4 rings (SSSR count). The van der Waals surface area contributed by atoms with Gasteiger partial charge in [-0.25, -0.2) is 9.97 Å². The molecule has 32 heavy (non-hydrogen) atoms. The third-order valence-electron chi connectivity index (χ3n) is 6.40.